The first kappa shape index (κ1) is 16.3. The molecule has 1 aromatic carbocycles. The average molecular weight is 317 g/mol. The fourth-order valence-electron chi connectivity index (χ4n) is 2.15. The van der Waals surface area contributed by atoms with E-state index in [2.05, 4.69) is 5.10 Å². The second-order valence-electron chi connectivity index (χ2n) is 4.99. The van der Waals surface area contributed by atoms with E-state index in [0.29, 0.717) is 5.56 Å². The van der Waals surface area contributed by atoms with Crippen molar-refractivity contribution in [2.75, 3.05) is 0 Å². The lowest BCUT2D eigenvalue weighted by molar-refractivity contribution is -0.386. The highest BCUT2D eigenvalue weighted by atomic mass is 16.6. The Labute approximate surface area is 131 Å². The molecule has 1 heterocycles. The lowest BCUT2D eigenvalue weighted by Crippen LogP contribution is -2.18. The molecule has 0 unspecified atom stereocenters. The number of Topliss-reactive ketones (excluding diaryl/α,β-unsaturated/α-hetero) is 1. The predicted octanol–water partition coefficient (Wildman–Crippen LogP) is 2.22. The minimum atomic E-state index is -0.610. The van der Waals surface area contributed by atoms with Gasteiger partial charge in [0, 0.05) is 5.56 Å². The van der Waals surface area contributed by atoms with E-state index in [4.69, 9.17) is 4.74 Å². The Morgan fingerprint density at radius 1 is 1.26 bits per heavy atom. The minimum absolute atomic E-state index is 0.0853. The number of ether oxygens (including phenoxy) is 1. The van der Waals surface area contributed by atoms with Crippen LogP contribution in [0.25, 0.3) is 0 Å². The van der Waals surface area contributed by atoms with Crippen molar-refractivity contribution in [3.05, 3.63) is 51.3 Å². The van der Waals surface area contributed by atoms with Crippen molar-refractivity contribution in [3.8, 4) is 5.75 Å². The predicted molar refractivity (Wildman–Crippen MR) is 80.4 cm³/mol. The molecule has 0 aliphatic heterocycles. The summed E-state index contributed by atoms with van der Waals surface area (Å²) in [5.74, 6) is -0.407. The molecule has 0 aliphatic carbocycles. The molecule has 23 heavy (non-hydrogen) atoms. The molecule has 0 saturated heterocycles. The average Bonchev–Trinajstić information content (AvgIpc) is 2.73. The van der Waals surface area contributed by atoms with Gasteiger partial charge in [0.05, 0.1) is 4.92 Å². The second kappa shape index (κ2) is 6.39. The SMILES string of the molecule is CC(=O)c1ccc(OC(=O)Cn2nc(C)c([N+](=O)[O-])c2C)cc1. The van der Waals surface area contributed by atoms with Gasteiger partial charge in [-0.15, -0.1) is 0 Å². The number of hydrogen-bond acceptors (Lipinski definition) is 6. The summed E-state index contributed by atoms with van der Waals surface area (Å²) in [6, 6.07) is 6.13. The summed E-state index contributed by atoms with van der Waals surface area (Å²) >= 11 is 0. The van der Waals surface area contributed by atoms with Crippen LogP contribution in [0.3, 0.4) is 0 Å². The van der Waals surface area contributed by atoms with E-state index in [-0.39, 0.29) is 35.2 Å². The zero-order valence-electron chi connectivity index (χ0n) is 12.9. The molecular formula is C15H15N3O5. The summed E-state index contributed by atoms with van der Waals surface area (Å²) in [5, 5.41) is 14.9. The smallest absolute Gasteiger partial charge is 0.333 e. The Morgan fingerprint density at radius 3 is 2.35 bits per heavy atom. The molecule has 0 N–H and O–H groups in total. The van der Waals surface area contributed by atoms with Gasteiger partial charge in [0.15, 0.2) is 5.78 Å². The Morgan fingerprint density at radius 2 is 1.87 bits per heavy atom. The Bertz CT molecular complexity index is 777. The number of esters is 1. The highest BCUT2D eigenvalue weighted by molar-refractivity contribution is 5.94. The van der Waals surface area contributed by atoms with E-state index in [1.54, 1.807) is 12.1 Å². The Balaban J connectivity index is 2.09. The molecule has 2 rings (SSSR count). The van der Waals surface area contributed by atoms with Crippen LogP contribution in [0, 0.1) is 24.0 Å². The molecule has 0 spiro atoms. The van der Waals surface area contributed by atoms with Gasteiger partial charge in [-0.2, -0.15) is 5.10 Å². The van der Waals surface area contributed by atoms with Crippen LogP contribution < -0.4 is 4.74 Å². The summed E-state index contributed by atoms with van der Waals surface area (Å²) in [7, 11) is 0. The van der Waals surface area contributed by atoms with Gasteiger partial charge < -0.3 is 4.74 Å². The van der Waals surface area contributed by atoms with E-state index in [9.17, 15) is 19.7 Å². The minimum Gasteiger partial charge on any atom is -0.425 e. The number of carbonyl (C=O) groups is 2. The van der Waals surface area contributed by atoms with Gasteiger partial charge in [0.1, 0.15) is 23.7 Å². The van der Waals surface area contributed by atoms with Crippen molar-refractivity contribution in [2.24, 2.45) is 0 Å². The van der Waals surface area contributed by atoms with Crippen LogP contribution in [0.15, 0.2) is 24.3 Å². The number of aryl methyl sites for hydroxylation is 1. The maximum absolute atomic E-state index is 11.9. The third-order valence-electron chi connectivity index (χ3n) is 3.30. The van der Waals surface area contributed by atoms with Crippen molar-refractivity contribution in [3.63, 3.8) is 0 Å². The van der Waals surface area contributed by atoms with Crippen LogP contribution in [0.2, 0.25) is 0 Å². The molecule has 120 valence electrons. The van der Waals surface area contributed by atoms with E-state index >= 15 is 0 Å². The number of nitrogens with zero attached hydrogens (tertiary/aromatic N) is 3. The topological polar surface area (TPSA) is 104 Å². The fourth-order valence-corrected chi connectivity index (χ4v) is 2.15. The zero-order chi connectivity index (χ0) is 17.1. The molecule has 0 fully saturated rings. The summed E-state index contributed by atoms with van der Waals surface area (Å²) < 4.78 is 6.37. The second-order valence-corrected chi connectivity index (χ2v) is 4.99. The number of nitro groups is 1. The van der Waals surface area contributed by atoms with Gasteiger partial charge in [0.2, 0.25) is 0 Å². The van der Waals surface area contributed by atoms with E-state index in [0.717, 1.165) is 0 Å². The van der Waals surface area contributed by atoms with Gasteiger partial charge >= 0.3 is 11.7 Å². The van der Waals surface area contributed by atoms with Crippen LogP contribution >= 0.6 is 0 Å². The number of hydrogen-bond donors (Lipinski definition) is 0. The quantitative estimate of drug-likeness (QED) is 0.275. The van der Waals surface area contributed by atoms with Crippen molar-refractivity contribution in [1.29, 1.82) is 0 Å². The van der Waals surface area contributed by atoms with Crippen molar-refractivity contribution in [1.82, 2.24) is 9.78 Å². The summed E-state index contributed by atoms with van der Waals surface area (Å²) in [4.78, 5) is 33.5. The first-order valence-corrected chi connectivity index (χ1v) is 6.79. The van der Waals surface area contributed by atoms with Crippen molar-refractivity contribution in [2.45, 2.75) is 27.3 Å². The molecule has 1 aromatic heterocycles. The maximum atomic E-state index is 11.9. The highest BCUT2D eigenvalue weighted by Crippen LogP contribution is 2.22. The van der Waals surface area contributed by atoms with Crippen LogP contribution in [0.4, 0.5) is 5.69 Å². The van der Waals surface area contributed by atoms with Gasteiger partial charge in [0.25, 0.3) is 0 Å². The molecule has 0 radical (unpaired) electrons. The fraction of sp³-hybridized carbons (Fsp3) is 0.267. The first-order valence-electron chi connectivity index (χ1n) is 6.79. The lowest BCUT2D eigenvalue weighted by Gasteiger charge is -2.06. The monoisotopic (exact) mass is 317 g/mol. The molecule has 0 aliphatic rings. The molecule has 8 heteroatoms. The normalized spacial score (nSPS) is 10.4. The Kier molecular flexibility index (Phi) is 4.54. The third kappa shape index (κ3) is 3.60. The number of carbonyl (C=O) groups excluding carboxylic acids is 2. The molecule has 2 aromatic rings. The third-order valence-corrected chi connectivity index (χ3v) is 3.30. The largest absolute Gasteiger partial charge is 0.425 e. The number of ketones is 1. The van der Waals surface area contributed by atoms with Crippen molar-refractivity contribution < 1.29 is 19.2 Å². The number of benzene rings is 1. The molecule has 0 amide bonds. The lowest BCUT2D eigenvalue weighted by atomic mass is 10.1. The maximum Gasteiger partial charge on any atom is 0.333 e. The number of rotatable bonds is 5. The highest BCUT2D eigenvalue weighted by Gasteiger charge is 2.23. The molecular weight excluding hydrogens is 302 g/mol. The number of aromatic nitrogens is 2. The summed E-state index contributed by atoms with van der Waals surface area (Å²) in [5.41, 5.74) is 0.935. The Hall–Kier alpha value is -3.03. The van der Waals surface area contributed by atoms with Gasteiger partial charge in [-0.05, 0) is 45.0 Å². The first-order chi connectivity index (χ1) is 10.8. The summed E-state index contributed by atoms with van der Waals surface area (Å²) in [6.45, 7) is 4.23. The molecule has 0 atom stereocenters. The van der Waals surface area contributed by atoms with Crippen LogP contribution in [0.1, 0.15) is 28.7 Å². The van der Waals surface area contributed by atoms with Crippen LogP contribution in [-0.4, -0.2) is 26.5 Å². The standard InChI is InChI=1S/C15H15N3O5/c1-9-15(18(21)22)10(2)17(16-9)8-14(20)23-13-6-4-12(5-7-13)11(3)19/h4-7H,8H2,1-3H3. The zero-order valence-corrected chi connectivity index (χ0v) is 12.9. The van der Waals surface area contributed by atoms with E-state index in [1.807, 2.05) is 0 Å². The van der Waals surface area contributed by atoms with Crippen LogP contribution in [-0.2, 0) is 11.3 Å². The van der Waals surface area contributed by atoms with E-state index in [1.165, 1.54) is 37.6 Å². The van der Waals surface area contributed by atoms with Crippen LogP contribution in [0.5, 0.6) is 5.75 Å². The van der Waals surface area contributed by atoms with Gasteiger partial charge in [-0.25, -0.2) is 4.79 Å². The van der Waals surface area contributed by atoms with Crippen molar-refractivity contribution >= 4 is 17.4 Å². The molecule has 0 saturated carbocycles. The molecule has 0 bridgehead atoms. The van der Waals surface area contributed by atoms with Gasteiger partial charge in [-0.1, -0.05) is 0 Å². The van der Waals surface area contributed by atoms with Gasteiger partial charge in [-0.3, -0.25) is 19.6 Å². The molecule has 8 nitrogen and oxygen atoms in total. The summed E-state index contributed by atoms with van der Waals surface area (Å²) in [6.07, 6.45) is 0. The van der Waals surface area contributed by atoms with E-state index < -0.39 is 10.9 Å².